The first kappa shape index (κ1) is 24.0. The van der Waals surface area contributed by atoms with Gasteiger partial charge in [0.1, 0.15) is 0 Å². The first-order chi connectivity index (χ1) is 15.8. The largest absolute Gasteiger partial charge is 0.452 e. The Labute approximate surface area is 191 Å². The number of hydrogen-bond donors (Lipinski definition) is 1. The van der Waals surface area contributed by atoms with Gasteiger partial charge in [-0.1, -0.05) is 6.92 Å². The number of nitrogens with one attached hydrogen (secondary N) is 1. The number of nitrogens with zero attached hydrogens (tertiary/aromatic N) is 4. The molecule has 10 heteroatoms. The van der Waals surface area contributed by atoms with E-state index in [1.807, 2.05) is 24.3 Å². The second-order valence-electron chi connectivity index (χ2n) is 7.80. The van der Waals surface area contributed by atoms with Gasteiger partial charge >= 0.3 is 11.7 Å². The number of rotatable bonds is 7. The molecule has 1 saturated heterocycles. The van der Waals surface area contributed by atoms with Gasteiger partial charge in [0.25, 0.3) is 11.5 Å². The van der Waals surface area contributed by atoms with Crippen LogP contribution in [0.3, 0.4) is 0 Å². The van der Waals surface area contributed by atoms with E-state index in [0.29, 0.717) is 5.69 Å². The molecule has 33 heavy (non-hydrogen) atoms. The number of carbonyl (C=O) groups is 2. The van der Waals surface area contributed by atoms with Gasteiger partial charge in [0, 0.05) is 63.9 Å². The average molecular weight is 456 g/mol. The Hall–Kier alpha value is -3.66. The molecule has 176 valence electrons. The Bertz CT molecular complexity index is 1140. The average Bonchev–Trinajstić information content (AvgIpc) is 2.83. The summed E-state index contributed by atoms with van der Waals surface area (Å²) in [5.74, 6) is -1.25. The van der Waals surface area contributed by atoms with Crippen molar-refractivity contribution in [2.75, 3.05) is 49.5 Å². The fourth-order valence-corrected chi connectivity index (χ4v) is 3.57. The standard InChI is InChI=1S/C23H29N5O5/c1-4-27-11-13-28(14-12-27)19-8-6-18(7-9-19)24-20(29)16-33-21(30)10-5-17-15-25(2)23(32)26(3)22(17)31/h5-10,15H,4,11-14,16H2,1-3H3,(H,24,29)/b10-5+. The summed E-state index contributed by atoms with van der Waals surface area (Å²) in [6.07, 6.45) is 3.62. The number of ether oxygens (including phenoxy) is 1. The number of aryl methyl sites for hydroxylation is 1. The third kappa shape index (κ3) is 6.19. The van der Waals surface area contributed by atoms with E-state index in [4.69, 9.17) is 4.74 Å². The van der Waals surface area contributed by atoms with Gasteiger partial charge in [0.15, 0.2) is 6.61 Å². The monoisotopic (exact) mass is 455 g/mol. The van der Waals surface area contributed by atoms with E-state index < -0.39 is 29.7 Å². The molecule has 10 nitrogen and oxygen atoms in total. The first-order valence-electron chi connectivity index (χ1n) is 10.8. The molecule has 0 atom stereocenters. The van der Waals surface area contributed by atoms with Crippen LogP contribution >= 0.6 is 0 Å². The fraction of sp³-hybridized carbons (Fsp3) is 0.391. The molecule has 0 spiro atoms. The van der Waals surface area contributed by atoms with Crippen molar-refractivity contribution in [3.8, 4) is 0 Å². The van der Waals surface area contributed by atoms with Crippen LogP contribution in [0.15, 0.2) is 46.1 Å². The zero-order valence-corrected chi connectivity index (χ0v) is 19.1. The Morgan fingerprint density at radius 2 is 1.73 bits per heavy atom. The van der Waals surface area contributed by atoms with Gasteiger partial charge in [-0.3, -0.25) is 14.2 Å². The summed E-state index contributed by atoms with van der Waals surface area (Å²) in [6, 6.07) is 7.55. The third-order valence-electron chi connectivity index (χ3n) is 5.55. The van der Waals surface area contributed by atoms with Crippen LogP contribution in [-0.2, 0) is 28.4 Å². The van der Waals surface area contributed by atoms with Crippen molar-refractivity contribution in [1.82, 2.24) is 14.0 Å². The molecule has 0 radical (unpaired) electrons. The predicted molar refractivity (Wildman–Crippen MR) is 126 cm³/mol. The van der Waals surface area contributed by atoms with E-state index in [-0.39, 0.29) is 5.56 Å². The lowest BCUT2D eigenvalue weighted by Crippen LogP contribution is -2.46. The van der Waals surface area contributed by atoms with Crippen molar-refractivity contribution in [2.45, 2.75) is 6.92 Å². The lowest BCUT2D eigenvalue weighted by molar-refractivity contribution is -0.142. The lowest BCUT2D eigenvalue weighted by Gasteiger charge is -2.35. The number of esters is 1. The Morgan fingerprint density at radius 3 is 2.36 bits per heavy atom. The number of amides is 1. The summed E-state index contributed by atoms with van der Waals surface area (Å²) in [7, 11) is 2.85. The quantitative estimate of drug-likeness (QED) is 0.477. The number of aromatic nitrogens is 2. The van der Waals surface area contributed by atoms with Crippen molar-refractivity contribution in [3.05, 3.63) is 62.9 Å². The molecule has 0 saturated carbocycles. The molecule has 2 heterocycles. The van der Waals surface area contributed by atoms with Gasteiger partial charge in [-0.05, 0) is 36.9 Å². The zero-order chi connectivity index (χ0) is 24.0. The van der Waals surface area contributed by atoms with Gasteiger partial charge in [-0.15, -0.1) is 0 Å². The minimum absolute atomic E-state index is 0.150. The molecule has 1 aromatic carbocycles. The molecule has 0 aliphatic carbocycles. The van der Waals surface area contributed by atoms with Crippen LogP contribution in [0.4, 0.5) is 11.4 Å². The summed E-state index contributed by atoms with van der Waals surface area (Å²) in [5.41, 5.74) is 0.859. The van der Waals surface area contributed by atoms with Gasteiger partial charge in [-0.2, -0.15) is 0 Å². The van der Waals surface area contributed by atoms with E-state index in [1.165, 1.54) is 30.9 Å². The van der Waals surface area contributed by atoms with Gasteiger partial charge in [0.05, 0.1) is 5.56 Å². The summed E-state index contributed by atoms with van der Waals surface area (Å²) in [4.78, 5) is 52.5. The lowest BCUT2D eigenvalue weighted by atomic mass is 10.2. The van der Waals surface area contributed by atoms with Gasteiger partial charge in [-0.25, -0.2) is 9.59 Å². The third-order valence-corrected chi connectivity index (χ3v) is 5.55. The van der Waals surface area contributed by atoms with Crippen molar-refractivity contribution in [1.29, 1.82) is 0 Å². The fourth-order valence-electron chi connectivity index (χ4n) is 3.57. The molecule has 2 aromatic rings. The molecule has 0 bridgehead atoms. The van der Waals surface area contributed by atoms with Crippen molar-refractivity contribution in [2.24, 2.45) is 14.1 Å². The summed E-state index contributed by atoms with van der Waals surface area (Å²) < 4.78 is 7.11. The maximum atomic E-state index is 12.1. The number of carbonyl (C=O) groups excluding carboxylic acids is 2. The van der Waals surface area contributed by atoms with E-state index in [1.54, 1.807) is 0 Å². The predicted octanol–water partition coefficient (Wildman–Crippen LogP) is 0.421. The first-order valence-corrected chi connectivity index (χ1v) is 10.8. The van der Waals surface area contributed by atoms with Gasteiger partial charge in [0.2, 0.25) is 0 Å². The normalized spacial score (nSPS) is 14.5. The van der Waals surface area contributed by atoms with Crippen LogP contribution < -0.4 is 21.5 Å². The van der Waals surface area contributed by atoms with Crippen LogP contribution in [0.2, 0.25) is 0 Å². The molecule has 1 amide bonds. The second-order valence-corrected chi connectivity index (χ2v) is 7.80. The van der Waals surface area contributed by atoms with E-state index >= 15 is 0 Å². The van der Waals surface area contributed by atoms with Crippen LogP contribution in [0.25, 0.3) is 6.08 Å². The van der Waals surface area contributed by atoms with Crippen molar-refractivity contribution >= 4 is 29.3 Å². The molecule has 1 fully saturated rings. The highest BCUT2D eigenvalue weighted by atomic mass is 16.5. The number of piperazine rings is 1. The van der Waals surface area contributed by atoms with E-state index in [0.717, 1.165) is 49.1 Å². The molecule has 3 rings (SSSR count). The number of hydrogen-bond acceptors (Lipinski definition) is 7. The SMILES string of the molecule is CCN1CCN(c2ccc(NC(=O)COC(=O)/C=C/c3cn(C)c(=O)n(C)c3=O)cc2)CC1. The minimum Gasteiger partial charge on any atom is -0.452 e. The molecule has 0 unspecified atom stereocenters. The highest BCUT2D eigenvalue weighted by Crippen LogP contribution is 2.19. The summed E-state index contributed by atoms with van der Waals surface area (Å²) in [6.45, 7) is 6.76. The van der Waals surface area contributed by atoms with Crippen LogP contribution in [-0.4, -0.2) is 65.2 Å². The zero-order valence-electron chi connectivity index (χ0n) is 19.1. The Balaban J connectivity index is 1.48. The van der Waals surface area contributed by atoms with Crippen LogP contribution in [0, 0.1) is 0 Å². The maximum absolute atomic E-state index is 12.1. The van der Waals surface area contributed by atoms with Crippen LogP contribution in [0.1, 0.15) is 12.5 Å². The highest BCUT2D eigenvalue weighted by Gasteiger charge is 2.16. The molecular formula is C23H29N5O5. The topological polar surface area (TPSA) is 106 Å². The Kier molecular flexibility index (Phi) is 7.83. The molecular weight excluding hydrogens is 426 g/mol. The van der Waals surface area contributed by atoms with E-state index in [9.17, 15) is 19.2 Å². The number of likely N-dealkylation sites (N-methyl/N-ethyl adjacent to an activating group) is 1. The minimum atomic E-state index is -0.775. The van der Waals surface area contributed by atoms with Crippen LogP contribution in [0.5, 0.6) is 0 Å². The number of anilines is 2. The van der Waals surface area contributed by atoms with Crippen molar-refractivity contribution in [3.63, 3.8) is 0 Å². The molecule has 1 aromatic heterocycles. The maximum Gasteiger partial charge on any atom is 0.331 e. The summed E-state index contributed by atoms with van der Waals surface area (Å²) >= 11 is 0. The van der Waals surface area contributed by atoms with Crippen molar-refractivity contribution < 1.29 is 14.3 Å². The van der Waals surface area contributed by atoms with Gasteiger partial charge < -0.3 is 24.4 Å². The molecule has 1 aliphatic rings. The summed E-state index contributed by atoms with van der Waals surface area (Å²) in [5, 5.41) is 2.69. The molecule has 1 N–H and O–H groups in total. The Morgan fingerprint density at radius 1 is 1.06 bits per heavy atom. The van der Waals surface area contributed by atoms with E-state index in [2.05, 4.69) is 22.0 Å². The molecule has 1 aliphatic heterocycles. The number of benzene rings is 1. The second kappa shape index (κ2) is 10.8. The highest BCUT2D eigenvalue weighted by molar-refractivity contribution is 5.94. The smallest absolute Gasteiger partial charge is 0.331 e.